The molecule has 10 heteroatoms. The van der Waals surface area contributed by atoms with E-state index in [1.54, 1.807) is 24.2 Å². The minimum atomic E-state index is -0.639. The third kappa shape index (κ3) is 7.41. The average Bonchev–Trinajstić information content (AvgIpc) is 3.30. The molecule has 4 aromatic heterocycles. The Bertz CT molecular complexity index is 1110. The summed E-state index contributed by atoms with van der Waals surface area (Å²) in [4.78, 5) is 8.50. The number of hydrogen-bond donors (Lipinski definition) is 0. The molecule has 0 radical (unpaired) electrons. The van der Waals surface area contributed by atoms with Gasteiger partial charge in [0.05, 0.1) is 18.5 Å². The normalized spacial score (nSPS) is 10.1. The fourth-order valence-corrected chi connectivity index (χ4v) is 2.62. The SMILES string of the molecule is COc1ccnc(-n2cc(C)c(C)n2)c1.Cc1ccnc(-n2cc(C)c(C)n2)c1.[Cl][Os][Cl]. The Morgan fingerprint density at radius 2 is 1.25 bits per heavy atom. The van der Waals surface area contributed by atoms with E-state index in [0.717, 1.165) is 34.3 Å². The third-order valence-electron chi connectivity index (χ3n) is 4.61. The number of pyridine rings is 2. The molecule has 172 valence electrons. The molecule has 32 heavy (non-hydrogen) atoms. The predicted molar refractivity (Wildman–Crippen MR) is 125 cm³/mol. The molecule has 0 aromatic carbocycles. The van der Waals surface area contributed by atoms with Crippen molar-refractivity contribution < 1.29 is 20.1 Å². The summed E-state index contributed by atoms with van der Waals surface area (Å²) < 4.78 is 8.71. The maximum atomic E-state index is 5.13. The van der Waals surface area contributed by atoms with Gasteiger partial charge in [-0.25, -0.2) is 19.3 Å². The topological polar surface area (TPSA) is 70.7 Å². The Hall–Kier alpha value is -2.26. The molecule has 4 heterocycles. The molecular weight excluding hydrogens is 625 g/mol. The first-order valence-corrected chi connectivity index (χ1v) is 15.9. The monoisotopic (exact) mass is 652 g/mol. The van der Waals surface area contributed by atoms with E-state index in [1.165, 1.54) is 11.1 Å². The number of rotatable bonds is 3. The fourth-order valence-electron chi connectivity index (χ4n) is 2.62. The zero-order chi connectivity index (χ0) is 23.7. The van der Waals surface area contributed by atoms with Gasteiger partial charge in [0.1, 0.15) is 5.75 Å². The van der Waals surface area contributed by atoms with E-state index >= 15 is 0 Å². The van der Waals surface area contributed by atoms with Crippen molar-refractivity contribution in [3.63, 3.8) is 0 Å². The van der Waals surface area contributed by atoms with Gasteiger partial charge in [0.2, 0.25) is 0 Å². The standard InChI is InChI=1S/C11H13N3O.C11H13N3.2ClH.Os/c1-8-7-14(13-9(8)2)11-6-10(15-3)4-5-12-11;1-8-4-5-12-11(6-8)14-7-9(2)10(3)13-14;;;/h4-7H,1-3H3;4-7H,1-3H3;2*1H;/q;;;;+2/p-2. The van der Waals surface area contributed by atoms with E-state index in [-0.39, 0.29) is 0 Å². The molecule has 0 aliphatic carbocycles. The zero-order valence-electron chi connectivity index (χ0n) is 18.8. The van der Waals surface area contributed by atoms with Gasteiger partial charge in [0.15, 0.2) is 11.6 Å². The van der Waals surface area contributed by atoms with Crippen LogP contribution in [0.25, 0.3) is 11.6 Å². The van der Waals surface area contributed by atoms with E-state index in [9.17, 15) is 0 Å². The molecule has 0 unspecified atom stereocenters. The van der Waals surface area contributed by atoms with Crippen molar-refractivity contribution in [2.24, 2.45) is 0 Å². The first-order valence-electron chi connectivity index (χ1n) is 9.63. The second kappa shape index (κ2) is 12.7. The third-order valence-corrected chi connectivity index (χ3v) is 4.61. The van der Waals surface area contributed by atoms with Crippen molar-refractivity contribution >= 4 is 19.3 Å². The molecule has 0 aliphatic heterocycles. The molecule has 0 bridgehead atoms. The number of ether oxygens (including phenoxy) is 1. The van der Waals surface area contributed by atoms with Crippen LogP contribution in [0, 0.1) is 34.6 Å². The van der Waals surface area contributed by atoms with Gasteiger partial charge in [-0.1, -0.05) is 0 Å². The van der Waals surface area contributed by atoms with Crippen LogP contribution in [0.4, 0.5) is 0 Å². The molecule has 0 amide bonds. The van der Waals surface area contributed by atoms with Gasteiger partial charge in [0, 0.05) is 30.9 Å². The van der Waals surface area contributed by atoms with Crippen molar-refractivity contribution in [1.29, 1.82) is 0 Å². The number of nitrogens with zero attached hydrogens (tertiary/aromatic N) is 6. The number of methoxy groups -OCH3 is 1. The summed E-state index contributed by atoms with van der Waals surface area (Å²) in [5.74, 6) is 2.43. The maximum absolute atomic E-state index is 5.13. The van der Waals surface area contributed by atoms with Crippen molar-refractivity contribution in [2.45, 2.75) is 34.6 Å². The molecule has 0 fully saturated rings. The van der Waals surface area contributed by atoms with Gasteiger partial charge < -0.3 is 4.74 Å². The van der Waals surface area contributed by atoms with E-state index in [2.05, 4.69) is 27.1 Å². The molecular formula is C22H26Cl2N6OOs. The van der Waals surface area contributed by atoms with Gasteiger partial charge in [-0.15, -0.1) is 0 Å². The molecule has 0 saturated heterocycles. The van der Waals surface area contributed by atoms with Crippen LogP contribution < -0.4 is 4.74 Å². The molecule has 7 nitrogen and oxygen atoms in total. The zero-order valence-corrected chi connectivity index (χ0v) is 22.9. The van der Waals surface area contributed by atoms with Gasteiger partial charge in [-0.05, 0) is 69.5 Å². The van der Waals surface area contributed by atoms with E-state index in [4.69, 9.17) is 24.0 Å². The number of aromatic nitrogens is 6. The van der Waals surface area contributed by atoms with Crippen LogP contribution in [0.2, 0.25) is 0 Å². The Kier molecular flexibility index (Phi) is 10.3. The summed E-state index contributed by atoms with van der Waals surface area (Å²) in [5.41, 5.74) is 5.60. The first-order chi connectivity index (χ1) is 15.3. The summed E-state index contributed by atoms with van der Waals surface area (Å²) in [6.07, 6.45) is 7.46. The molecule has 4 aromatic rings. The summed E-state index contributed by atoms with van der Waals surface area (Å²) in [7, 11) is 11.4. The van der Waals surface area contributed by atoms with Crippen LogP contribution in [-0.2, 0) is 15.4 Å². The minimum absolute atomic E-state index is 0.639. The van der Waals surface area contributed by atoms with Gasteiger partial charge in [-0.2, -0.15) is 10.2 Å². The van der Waals surface area contributed by atoms with Crippen molar-refractivity contribution in [1.82, 2.24) is 29.5 Å². The van der Waals surface area contributed by atoms with Crippen LogP contribution in [-0.4, -0.2) is 36.6 Å². The van der Waals surface area contributed by atoms with Gasteiger partial charge in [0.25, 0.3) is 0 Å². The van der Waals surface area contributed by atoms with E-state index in [0.29, 0.717) is 0 Å². The van der Waals surface area contributed by atoms with E-state index in [1.807, 2.05) is 69.0 Å². The molecule has 0 N–H and O–H groups in total. The average molecular weight is 652 g/mol. The van der Waals surface area contributed by atoms with Gasteiger partial charge in [-0.3, -0.25) is 0 Å². The van der Waals surface area contributed by atoms with Crippen LogP contribution in [0.5, 0.6) is 5.75 Å². The Morgan fingerprint density at radius 1 is 0.781 bits per heavy atom. The summed E-state index contributed by atoms with van der Waals surface area (Å²) in [6.45, 7) is 10.1. The number of aryl methyl sites for hydroxylation is 5. The van der Waals surface area contributed by atoms with Crippen molar-refractivity contribution in [3.8, 4) is 17.4 Å². The summed E-state index contributed by atoms with van der Waals surface area (Å²) >= 11 is -0.639. The van der Waals surface area contributed by atoms with Gasteiger partial charge >= 0.3 is 34.7 Å². The van der Waals surface area contributed by atoms with Crippen LogP contribution in [0.15, 0.2) is 49.1 Å². The Balaban J connectivity index is 0.000000203. The second-order valence-corrected chi connectivity index (χ2v) is 10.7. The first kappa shape index (κ1) is 26.0. The molecule has 0 spiro atoms. The van der Waals surface area contributed by atoms with Crippen LogP contribution in [0.3, 0.4) is 0 Å². The predicted octanol–water partition coefficient (Wildman–Crippen LogP) is 5.46. The van der Waals surface area contributed by atoms with Crippen LogP contribution >= 0.6 is 19.3 Å². The quantitative estimate of drug-likeness (QED) is 0.294. The molecule has 0 aliphatic rings. The van der Waals surface area contributed by atoms with Crippen molar-refractivity contribution in [2.75, 3.05) is 7.11 Å². The van der Waals surface area contributed by atoms with Crippen molar-refractivity contribution in [3.05, 3.63) is 77.1 Å². The number of hydrogen-bond acceptors (Lipinski definition) is 5. The molecule has 0 atom stereocenters. The number of halogens is 2. The second-order valence-electron chi connectivity index (χ2n) is 6.98. The molecule has 0 saturated carbocycles. The van der Waals surface area contributed by atoms with Crippen LogP contribution in [0.1, 0.15) is 28.1 Å². The summed E-state index contributed by atoms with van der Waals surface area (Å²) in [6, 6.07) is 7.66. The Morgan fingerprint density at radius 3 is 1.66 bits per heavy atom. The fraction of sp³-hybridized carbons (Fsp3) is 0.273. The van der Waals surface area contributed by atoms with E-state index < -0.39 is 15.4 Å². The Labute approximate surface area is 204 Å². The molecule has 4 rings (SSSR count). The summed E-state index contributed by atoms with van der Waals surface area (Å²) in [5, 5.41) is 8.73.